The number of H-pyrrole nitrogens is 1. The van der Waals surface area contributed by atoms with Crippen LogP contribution in [-0.4, -0.2) is 21.0 Å². The SMILES string of the molecule is NC(=O)c1nc(Cc2ccccc2)[nH]c1O. The van der Waals surface area contributed by atoms with Crippen LogP contribution >= 0.6 is 0 Å². The van der Waals surface area contributed by atoms with Gasteiger partial charge >= 0.3 is 0 Å². The van der Waals surface area contributed by atoms with Gasteiger partial charge in [0.1, 0.15) is 5.82 Å². The van der Waals surface area contributed by atoms with Crippen LogP contribution in [0.2, 0.25) is 0 Å². The van der Waals surface area contributed by atoms with Gasteiger partial charge in [0, 0.05) is 6.42 Å². The molecule has 0 unspecified atom stereocenters. The Bertz CT molecular complexity index is 505. The standard InChI is InChI=1S/C11H11N3O2/c12-10(15)9-11(16)14-8(13-9)6-7-4-2-1-3-5-7/h1-5,16H,6H2,(H2,12,15)(H,13,14). The lowest BCUT2D eigenvalue weighted by Crippen LogP contribution is -2.11. The van der Waals surface area contributed by atoms with Crippen LogP contribution in [0, 0.1) is 0 Å². The van der Waals surface area contributed by atoms with Crippen molar-refractivity contribution in [3.05, 3.63) is 47.4 Å². The second kappa shape index (κ2) is 4.06. The van der Waals surface area contributed by atoms with Crippen LogP contribution in [0.4, 0.5) is 0 Å². The number of benzene rings is 1. The average Bonchev–Trinajstić information content (AvgIpc) is 2.61. The molecule has 2 aromatic rings. The Kier molecular flexibility index (Phi) is 2.59. The molecule has 0 spiro atoms. The molecule has 0 fully saturated rings. The second-order valence-corrected chi connectivity index (χ2v) is 3.41. The summed E-state index contributed by atoms with van der Waals surface area (Å²) in [6.45, 7) is 0. The molecular formula is C11H11N3O2. The Labute approximate surface area is 91.9 Å². The van der Waals surface area contributed by atoms with Crippen LogP contribution in [0.1, 0.15) is 21.9 Å². The highest BCUT2D eigenvalue weighted by molar-refractivity contribution is 5.93. The summed E-state index contributed by atoms with van der Waals surface area (Å²) in [5.41, 5.74) is 5.95. The molecule has 0 aliphatic rings. The summed E-state index contributed by atoms with van der Waals surface area (Å²) in [5.74, 6) is -0.510. The Morgan fingerprint density at radius 3 is 2.62 bits per heavy atom. The zero-order valence-corrected chi connectivity index (χ0v) is 8.47. The minimum atomic E-state index is -0.743. The number of carbonyl (C=O) groups is 1. The summed E-state index contributed by atoms with van der Waals surface area (Å²) in [6.07, 6.45) is 0.516. The summed E-state index contributed by atoms with van der Waals surface area (Å²) in [4.78, 5) is 17.4. The molecule has 0 saturated carbocycles. The van der Waals surface area contributed by atoms with Gasteiger partial charge in [-0.15, -0.1) is 0 Å². The van der Waals surface area contributed by atoms with E-state index in [1.54, 1.807) is 0 Å². The number of aromatic amines is 1. The first-order valence-corrected chi connectivity index (χ1v) is 4.78. The highest BCUT2D eigenvalue weighted by Crippen LogP contribution is 2.14. The number of amides is 1. The zero-order chi connectivity index (χ0) is 11.5. The predicted molar refractivity (Wildman–Crippen MR) is 58.0 cm³/mol. The van der Waals surface area contributed by atoms with Crippen LogP contribution in [0.5, 0.6) is 5.88 Å². The molecule has 82 valence electrons. The average molecular weight is 217 g/mol. The minimum Gasteiger partial charge on any atom is -0.493 e. The molecule has 0 aliphatic carbocycles. The molecule has 1 aromatic heterocycles. The summed E-state index contributed by atoms with van der Waals surface area (Å²) in [6, 6.07) is 9.60. The van der Waals surface area contributed by atoms with E-state index in [9.17, 15) is 9.90 Å². The van der Waals surface area contributed by atoms with Crippen molar-refractivity contribution in [3.63, 3.8) is 0 Å². The van der Waals surface area contributed by atoms with Gasteiger partial charge < -0.3 is 15.8 Å². The minimum absolute atomic E-state index is 0.120. The normalized spacial score (nSPS) is 10.2. The Hall–Kier alpha value is -2.30. The van der Waals surface area contributed by atoms with E-state index < -0.39 is 5.91 Å². The molecule has 5 nitrogen and oxygen atoms in total. The van der Waals surface area contributed by atoms with Gasteiger partial charge in [0.05, 0.1) is 0 Å². The van der Waals surface area contributed by atoms with Crippen molar-refractivity contribution in [2.24, 2.45) is 5.73 Å². The van der Waals surface area contributed by atoms with Crippen LogP contribution < -0.4 is 5.73 Å². The van der Waals surface area contributed by atoms with Gasteiger partial charge in [-0.05, 0) is 5.56 Å². The van der Waals surface area contributed by atoms with Crippen LogP contribution in [0.3, 0.4) is 0 Å². The topological polar surface area (TPSA) is 92.0 Å². The highest BCUT2D eigenvalue weighted by atomic mass is 16.3. The molecule has 1 aromatic carbocycles. The van der Waals surface area contributed by atoms with Gasteiger partial charge in [-0.3, -0.25) is 4.79 Å². The van der Waals surface area contributed by atoms with Gasteiger partial charge in [-0.1, -0.05) is 30.3 Å². The number of primary amides is 1. The largest absolute Gasteiger partial charge is 0.493 e. The van der Waals surface area contributed by atoms with E-state index in [1.807, 2.05) is 30.3 Å². The van der Waals surface area contributed by atoms with E-state index in [4.69, 9.17) is 5.73 Å². The number of hydrogen-bond acceptors (Lipinski definition) is 3. The zero-order valence-electron chi connectivity index (χ0n) is 8.47. The third kappa shape index (κ3) is 2.03. The van der Waals surface area contributed by atoms with Crippen LogP contribution in [0.25, 0.3) is 0 Å². The van der Waals surface area contributed by atoms with Gasteiger partial charge in [-0.25, -0.2) is 4.98 Å². The van der Waals surface area contributed by atoms with Crippen molar-refractivity contribution in [3.8, 4) is 5.88 Å². The lowest BCUT2D eigenvalue weighted by molar-refractivity contribution is 0.0993. The maximum atomic E-state index is 10.9. The molecule has 0 aliphatic heterocycles. The van der Waals surface area contributed by atoms with Gasteiger partial charge in [0.25, 0.3) is 5.91 Å². The molecular weight excluding hydrogens is 206 g/mol. The molecule has 0 radical (unpaired) electrons. The van der Waals surface area contributed by atoms with E-state index in [-0.39, 0.29) is 11.6 Å². The van der Waals surface area contributed by atoms with Crippen molar-refractivity contribution < 1.29 is 9.90 Å². The third-order valence-corrected chi connectivity index (χ3v) is 2.18. The number of nitrogens with one attached hydrogen (secondary N) is 1. The molecule has 1 heterocycles. The number of nitrogens with zero attached hydrogens (tertiary/aromatic N) is 1. The smallest absolute Gasteiger partial charge is 0.272 e. The molecule has 5 heteroatoms. The molecule has 4 N–H and O–H groups in total. The number of imidazole rings is 1. The quantitative estimate of drug-likeness (QED) is 0.710. The number of aromatic nitrogens is 2. The van der Waals surface area contributed by atoms with Crippen molar-refractivity contribution in [2.75, 3.05) is 0 Å². The number of carbonyl (C=O) groups excluding carboxylic acids is 1. The first-order chi connectivity index (χ1) is 7.66. The van der Waals surface area contributed by atoms with Crippen molar-refractivity contribution in [1.82, 2.24) is 9.97 Å². The number of hydrogen-bond donors (Lipinski definition) is 3. The molecule has 2 rings (SSSR count). The summed E-state index contributed by atoms with van der Waals surface area (Å²) < 4.78 is 0. The number of rotatable bonds is 3. The number of aromatic hydroxyl groups is 1. The lowest BCUT2D eigenvalue weighted by Gasteiger charge is -1.96. The molecule has 0 saturated heterocycles. The van der Waals surface area contributed by atoms with E-state index in [0.717, 1.165) is 5.56 Å². The van der Waals surface area contributed by atoms with Crippen molar-refractivity contribution in [2.45, 2.75) is 6.42 Å². The fraction of sp³-hybridized carbons (Fsp3) is 0.0909. The van der Waals surface area contributed by atoms with Crippen molar-refractivity contribution in [1.29, 1.82) is 0 Å². The fourth-order valence-electron chi connectivity index (χ4n) is 1.46. The molecule has 16 heavy (non-hydrogen) atoms. The lowest BCUT2D eigenvalue weighted by atomic mass is 10.1. The maximum Gasteiger partial charge on any atom is 0.272 e. The Balaban J connectivity index is 2.23. The van der Waals surface area contributed by atoms with Gasteiger partial charge in [0.15, 0.2) is 5.69 Å². The summed E-state index contributed by atoms with van der Waals surface area (Å²) in [7, 11) is 0. The Morgan fingerprint density at radius 2 is 2.06 bits per heavy atom. The van der Waals surface area contributed by atoms with Gasteiger partial charge in [0.2, 0.25) is 5.88 Å². The van der Waals surface area contributed by atoms with E-state index in [2.05, 4.69) is 9.97 Å². The summed E-state index contributed by atoms with van der Waals surface area (Å²) >= 11 is 0. The van der Waals surface area contributed by atoms with E-state index in [1.165, 1.54) is 0 Å². The first kappa shape index (κ1) is 10.2. The Morgan fingerprint density at radius 1 is 1.38 bits per heavy atom. The maximum absolute atomic E-state index is 10.9. The second-order valence-electron chi connectivity index (χ2n) is 3.41. The van der Waals surface area contributed by atoms with Crippen LogP contribution in [0.15, 0.2) is 30.3 Å². The monoisotopic (exact) mass is 217 g/mol. The predicted octanol–water partition coefficient (Wildman–Crippen LogP) is 0.805. The fourth-order valence-corrected chi connectivity index (χ4v) is 1.46. The molecule has 0 atom stereocenters. The van der Waals surface area contributed by atoms with Crippen molar-refractivity contribution >= 4 is 5.91 Å². The molecule has 0 bridgehead atoms. The third-order valence-electron chi connectivity index (χ3n) is 2.18. The number of nitrogens with two attached hydrogens (primary N) is 1. The molecule has 1 amide bonds. The van der Waals surface area contributed by atoms with Gasteiger partial charge in [-0.2, -0.15) is 0 Å². The van der Waals surface area contributed by atoms with E-state index >= 15 is 0 Å². The van der Waals surface area contributed by atoms with Crippen LogP contribution in [-0.2, 0) is 6.42 Å². The first-order valence-electron chi connectivity index (χ1n) is 4.78. The summed E-state index contributed by atoms with van der Waals surface area (Å²) in [5, 5.41) is 9.36. The highest BCUT2D eigenvalue weighted by Gasteiger charge is 2.13. The van der Waals surface area contributed by atoms with E-state index in [0.29, 0.717) is 12.2 Å².